The third-order valence-electron chi connectivity index (χ3n) is 2.32. The molecule has 0 saturated heterocycles. The first-order valence-electron chi connectivity index (χ1n) is 4.91. The average Bonchev–Trinajstić information content (AvgIpc) is 2.63. The van der Waals surface area contributed by atoms with Crippen molar-refractivity contribution in [3.05, 3.63) is 11.5 Å². The fraction of sp³-hybridized carbons (Fsp3) is 0.444. The van der Waals surface area contributed by atoms with E-state index in [2.05, 4.69) is 15.0 Å². The lowest BCUT2D eigenvalue weighted by molar-refractivity contribution is -0.0472. The van der Waals surface area contributed by atoms with Gasteiger partial charge in [0, 0.05) is 7.11 Å². The smallest absolute Gasteiger partial charge is 0.223 e. The van der Waals surface area contributed by atoms with Crippen molar-refractivity contribution in [2.45, 2.75) is 19.3 Å². The quantitative estimate of drug-likeness (QED) is 0.781. The van der Waals surface area contributed by atoms with Crippen molar-refractivity contribution in [2.24, 2.45) is 0 Å². The highest BCUT2D eigenvalue weighted by atomic mass is 35.5. The first kappa shape index (κ1) is 12.0. The van der Waals surface area contributed by atoms with E-state index in [0.717, 1.165) is 0 Å². The van der Waals surface area contributed by atoms with E-state index < -0.39 is 12.3 Å². The van der Waals surface area contributed by atoms with Crippen molar-refractivity contribution < 1.29 is 9.84 Å². The highest BCUT2D eigenvalue weighted by molar-refractivity contribution is 6.33. The van der Waals surface area contributed by atoms with E-state index in [1.807, 2.05) is 0 Å². The molecule has 0 amide bonds. The zero-order valence-electron chi connectivity index (χ0n) is 9.33. The molecule has 0 fully saturated rings. The van der Waals surface area contributed by atoms with Crippen molar-refractivity contribution in [1.82, 2.24) is 19.5 Å². The molecule has 2 aromatic rings. The molecule has 0 spiro atoms. The Morgan fingerprint density at radius 1 is 1.53 bits per heavy atom. The van der Waals surface area contributed by atoms with Gasteiger partial charge in [-0.1, -0.05) is 11.6 Å². The molecule has 2 heterocycles. The van der Waals surface area contributed by atoms with Crippen LogP contribution in [0.5, 0.6) is 0 Å². The number of nitrogen functional groups attached to an aromatic ring is 1. The molecule has 0 saturated carbocycles. The molecule has 2 atom stereocenters. The summed E-state index contributed by atoms with van der Waals surface area (Å²) >= 11 is 5.89. The van der Waals surface area contributed by atoms with Crippen LogP contribution in [0.4, 0.5) is 5.95 Å². The number of hydrogen-bond donors (Lipinski definition) is 2. The number of nitrogens with two attached hydrogens (primary N) is 1. The van der Waals surface area contributed by atoms with Gasteiger partial charge in [0.2, 0.25) is 5.95 Å². The van der Waals surface area contributed by atoms with Gasteiger partial charge in [-0.25, -0.2) is 4.98 Å². The number of rotatable bonds is 3. The minimum Gasteiger partial charge on any atom is -0.389 e. The fourth-order valence-electron chi connectivity index (χ4n) is 1.63. The van der Waals surface area contributed by atoms with Gasteiger partial charge in [-0.05, 0) is 6.92 Å². The Hall–Kier alpha value is -1.44. The Morgan fingerprint density at radius 3 is 2.82 bits per heavy atom. The molecule has 0 aliphatic heterocycles. The van der Waals surface area contributed by atoms with Crippen molar-refractivity contribution in [2.75, 3.05) is 12.8 Å². The lowest BCUT2D eigenvalue weighted by Gasteiger charge is -2.19. The molecule has 0 aliphatic carbocycles. The molecule has 3 N–H and O–H groups in total. The number of aliphatic hydroxyl groups excluding tert-OH is 1. The number of ether oxygens (including phenoxy) is 1. The van der Waals surface area contributed by atoms with Crippen LogP contribution >= 0.6 is 11.6 Å². The van der Waals surface area contributed by atoms with E-state index >= 15 is 0 Å². The second-order valence-corrected chi connectivity index (χ2v) is 3.92. The summed E-state index contributed by atoms with van der Waals surface area (Å²) in [5, 5.41) is 9.77. The van der Waals surface area contributed by atoms with Gasteiger partial charge in [0.05, 0.1) is 12.4 Å². The van der Waals surface area contributed by atoms with Gasteiger partial charge in [-0.3, -0.25) is 4.57 Å². The van der Waals surface area contributed by atoms with Crippen LogP contribution in [0.2, 0.25) is 5.15 Å². The molecule has 92 valence electrons. The Morgan fingerprint density at radius 2 is 2.24 bits per heavy atom. The monoisotopic (exact) mass is 257 g/mol. The van der Waals surface area contributed by atoms with E-state index in [4.69, 9.17) is 22.1 Å². The summed E-state index contributed by atoms with van der Waals surface area (Å²) in [6.45, 7) is 1.60. The van der Waals surface area contributed by atoms with Gasteiger partial charge >= 0.3 is 0 Å². The minimum absolute atomic E-state index is 0.0460. The van der Waals surface area contributed by atoms with Gasteiger partial charge < -0.3 is 15.6 Å². The Bertz CT molecular complexity index is 541. The van der Waals surface area contributed by atoms with Crippen LogP contribution in [-0.2, 0) is 4.74 Å². The predicted octanol–water partition coefficient (Wildman–Crippen LogP) is 0.588. The van der Waals surface area contributed by atoms with Gasteiger partial charge in [0.1, 0.15) is 5.52 Å². The van der Waals surface area contributed by atoms with E-state index in [9.17, 15) is 5.11 Å². The first-order chi connectivity index (χ1) is 8.04. The summed E-state index contributed by atoms with van der Waals surface area (Å²) in [6.07, 6.45) is 0.142. The number of halogens is 1. The molecule has 0 bridgehead atoms. The second-order valence-electron chi connectivity index (χ2n) is 3.56. The van der Waals surface area contributed by atoms with Crippen molar-refractivity contribution in [3.63, 3.8) is 0 Å². The molecule has 2 aromatic heterocycles. The summed E-state index contributed by atoms with van der Waals surface area (Å²) < 4.78 is 6.73. The third-order valence-corrected chi connectivity index (χ3v) is 2.59. The predicted molar refractivity (Wildman–Crippen MR) is 62.5 cm³/mol. The number of hydrogen-bond acceptors (Lipinski definition) is 6. The average molecular weight is 258 g/mol. The van der Waals surface area contributed by atoms with Gasteiger partial charge in [-0.15, -0.1) is 0 Å². The summed E-state index contributed by atoms with van der Waals surface area (Å²) in [7, 11) is 1.48. The van der Waals surface area contributed by atoms with Crippen LogP contribution in [-0.4, -0.2) is 37.8 Å². The molecule has 0 aliphatic rings. The third kappa shape index (κ3) is 2.04. The van der Waals surface area contributed by atoms with Crippen LogP contribution in [0.15, 0.2) is 6.33 Å². The number of aromatic nitrogens is 4. The van der Waals surface area contributed by atoms with Crippen molar-refractivity contribution in [3.8, 4) is 0 Å². The second kappa shape index (κ2) is 4.44. The zero-order valence-corrected chi connectivity index (χ0v) is 10.1. The number of anilines is 1. The maximum absolute atomic E-state index is 9.60. The van der Waals surface area contributed by atoms with Crippen molar-refractivity contribution >= 4 is 28.7 Å². The van der Waals surface area contributed by atoms with E-state index in [1.54, 1.807) is 11.5 Å². The maximum Gasteiger partial charge on any atom is 0.223 e. The first-order valence-corrected chi connectivity index (χ1v) is 5.28. The van der Waals surface area contributed by atoms with Crippen LogP contribution < -0.4 is 5.73 Å². The molecule has 8 heteroatoms. The van der Waals surface area contributed by atoms with Crippen LogP contribution in [0.1, 0.15) is 13.2 Å². The summed E-state index contributed by atoms with van der Waals surface area (Å²) in [5.74, 6) is 0.0460. The van der Waals surface area contributed by atoms with Gasteiger partial charge in [0.25, 0.3) is 0 Å². The van der Waals surface area contributed by atoms with Gasteiger partial charge in [-0.2, -0.15) is 9.97 Å². The molecule has 1 unspecified atom stereocenters. The fourth-order valence-corrected chi connectivity index (χ4v) is 1.85. The largest absolute Gasteiger partial charge is 0.389 e. The number of fused-ring (bicyclic) bond motifs is 1. The Balaban J connectivity index is 2.63. The van der Waals surface area contributed by atoms with E-state index in [0.29, 0.717) is 11.2 Å². The summed E-state index contributed by atoms with van der Waals surface area (Å²) in [5.41, 5.74) is 6.37. The summed E-state index contributed by atoms with van der Waals surface area (Å²) in [6, 6.07) is 0. The molecule has 0 radical (unpaired) electrons. The Kier molecular flexibility index (Phi) is 3.14. The SMILES string of the molecule is CO[C@H](C(C)O)n1cnc2c(Cl)nc(N)nc21. The van der Waals surface area contributed by atoms with E-state index in [-0.39, 0.29) is 11.1 Å². The lowest BCUT2D eigenvalue weighted by Crippen LogP contribution is -2.22. The molecule has 0 aromatic carbocycles. The van der Waals surface area contributed by atoms with Crippen molar-refractivity contribution in [1.29, 1.82) is 0 Å². The van der Waals surface area contributed by atoms with Gasteiger partial charge in [0.15, 0.2) is 17.0 Å². The van der Waals surface area contributed by atoms with Crippen LogP contribution in [0.3, 0.4) is 0 Å². The molecule has 7 nitrogen and oxygen atoms in total. The molecule has 2 rings (SSSR count). The summed E-state index contributed by atoms with van der Waals surface area (Å²) in [4.78, 5) is 11.9. The number of aliphatic hydroxyl groups is 1. The van der Waals surface area contributed by atoms with Crippen LogP contribution in [0, 0.1) is 0 Å². The molecular formula is C9H12ClN5O2. The zero-order chi connectivity index (χ0) is 12.6. The number of imidazole rings is 1. The highest BCUT2D eigenvalue weighted by Crippen LogP contribution is 2.24. The maximum atomic E-state index is 9.60. The van der Waals surface area contributed by atoms with Crippen LogP contribution in [0.25, 0.3) is 11.2 Å². The highest BCUT2D eigenvalue weighted by Gasteiger charge is 2.20. The topological polar surface area (TPSA) is 99.1 Å². The lowest BCUT2D eigenvalue weighted by atomic mass is 10.3. The minimum atomic E-state index is -0.729. The molecule has 17 heavy (non-hydrogen) atoms. The molecular weight excluding hydrogens is 246 g/mol. The number of nitrogens with zero attached hydrogens (tertiary/aromatic N) is 4. The Labute approximate surface area is 102 Å². The standard InChI is InChI=1S/C9H12ClN5O2/c1-4(16)8(17-2)15-3-12-5-6(10)13-9(11)14-7(5)15/h3-4,8,16H,1-2H3,(H2,11,13,14)/t4?,8-/m1/s1. The van der Waals surface area contributed by atoms with E-state index in [1.165, 1.54) is 13.4 Å². The normalized spacial score (nSPS) is 15.1. The number of methoxy groups -OCH3 is 1.